The van der Waals surface area contributed by atoms with Gasteiger partial charge < -0.3 is 0 Å². The molecule has 15 heavy (non-hydrogen) atoms. The van der Waals surface area contributed by atoms with Crippen molar-refractivity contribution >= 4 is 7.49 Å². The molecule has 0 aromatic rings. The first kappa shape index (κ1) is 15.4. The van der Waals surface area contributed by atoms with Crippen LogP contribution >= 0.6 is 7.49 Å². The summed E-state index contributed by atoms with van der Waals surface area (Å²) in [5, 5.41) is 0. The predicted molar refractivity (Wildman–Crippen MR) is 73.1 cm³/mol. The molecule has 0 amide bonds. The van der Waals surface area contributed by atoms with Crippen molar-refractivity contribution in [1.82, 2.24) is 0 Å². The molecule has 0 aliphatic rings. The van der Waals surface area contributed by atoms with Gasteiger partial charge in [-0.3, -0.25) is 4.89 Å². The Bertz CT molecular complexity index is 128. The summed E-state index contributed by atoms with van der Waals surface area (Å²) in [6.07, 6.45) is 12.1. The van der Waals surface area contributed by atoms with Crippen molar-refractivity contribution in [2.45, 2.75) is 65.7 Å². The Balaban J connectivity index is 3.89. The summed E-state index contributed by atoms with van der Waals surface area (Å²) in [6.45, 7) is 6.67. The van der Waals surface area contributed by atoms with Crippen LogP contribution in [0.3, 0.4) is 0 Å². The lowest BCUT2D eigenvalue weighted by Gasteiger charge is -2.20. The van der Waals surface area contributed by atoms with E-state index in [0.717, 1.165) is 18.5 Å². The van der Waals surface area contributed by atoms with Crippen LogP contribution in [0, 0.1) is 0 Å². The Morgan fingerprint density at radius 1 is 0.667 bits per heavy atom. The Kier molecular flexibility index (Phi) is 9.85. The van der Waals surface area contributed by atoms with Crippen LogP contribution in [0.1, 0.15) is 65.7 Å². The minimum atomic E-state index is -1.53. The van der Waals surface area contributed by atoms with E-state index in [4.69, 9.17) is 0 Å². The van der Waals surface area contributed by atoms with Gasteiger partial charge in [0.05, 0.1) is 18.5 Å². The molecule has 1 N–H and O–H groups in total. The monoisotopic (exact) mass is 233 g/mol. The van der Waals surface area contributed by atoms with Crippen molar-refractivity contribution < 1.29 is 4.89 Å². The highest BCUT2D eigenvalue weighted by molar-refractivity contribution is 7.70. The average molecular weight is 233 g/mol. The summed E-state index contributed by atoms with van der Waals surface area (Å²) in [4.78, 5) is 10.6. The van der Waals surface area contributed by atoms with Gasteiger partial charge in [-0.15, -0.1) is 0 Å². The average Bonchev–Trinajstić information content (AvgIpc) is 2.24. The lowest BCUT2D eigenvalue weighted by atomic mass is 10.3. The van der Waals surface area contributed by atoms with Gasteiger partial charge in [0.2, 0.25) is 0 Å². The van der Waals surface area contributed by atoms with Crippen LogP contribution in [0.5, 0.6) is 0 Å². The molecule has 0 rings (SSSR count). The van der Waals surface area contributed by atoms with Gasteiger partial charge in [0.1, 0.15) is 7.49 Å². The molecule has 0 saturated carbocycles. The summed E-state index contributed by atoms with van der Waals surface area (Å²) in [7, 11) is -1.53. The minimum absolute atomic E-state index is 1.12. The summed E-state index contributed by atoms with van der Waals surface area (Å²) >= 11 is 0. The van der Waals surface area contributed by atoms with Crippen LogP contribution in [0.15, 0.2) is 0 Å². The number of rotatable bonds is 10. The molecular formula is C13H30OP+. The van der Waals surface area contributed by atoms with Gasteiger partial charge in [0.25, 0.3) is 0 Å². The van der Waals surface area contributed by atoms with Crippen molar-refractivity contribution in [2.75, 3.05) is 18.5 Å². The topological polar surface area (TPSA) is 20.2 Å². The van der Waals surface area contributed by atoms with Gasteiger partial charge >= 0.3 is 0 Å². The highest BCUT2D eigenvalue weighted by atomic mass is 31.2. The van der Waals surface area contributed by atoms with Crippen LogP contribution in [0.4, 0.5) is 0 Å². The van der Waals surface area contributed by atoms with Crippen LogP contribution in [0.25, 0.3) is 0 Å². The zero-order valence-electron chi connectivity index (χ0n) is 11.0. The zero-order chi connectivity index (χ0) is 11.6. The molecule has 0 heterocycles. The Morgan fingerprint density at radius 3 is 1.47 bits per heavy atom. The van der Waals surface area contributed by atoms with E-state index in [2.05, 4.69) is 20.8 Å². The molecule has 1 nitrogen and oxygen atoms in total. The number of hydrogen-bond acceptors (Lipinski definition) is 1. The summed E-state index contributed by atoms with van der Waals surface area (Å²) in [6, 6.07) is 0. The summed E-state index contributed by atoms with van der Waals surface area (Å²) in [5.74, 6) is 0. The Morgan fingerprint density at radius 2 is 1.07 bits per heavy atom. The molecule has 2 heteroatoms. The smallest absolute Gasteiger partial charge is 0.142 e. The number of hydrogen-bond donors (Lipinski definition) is 1. The molecule has 0 aromatic heterocycles. The maximum absolute atomic E-state index is 10.6. The third-order valence-electron chi connectivity index (χ3n) is 3.03. The number of unbranched alkanes of at least 4 members (excludes halogenated alkanes) is 4. The van der Waals surface area contributed by atoms with Crippen molar-refractivity contribution in [3.63, 3.8) is 0 Å². The van der Waals surface area contributed by atoms with E-state index in [0.29, 0.717) is 0 Å². The lowest BCUT2D eigenvalue weighted by molar-refractivity contribution is 0.579. The highest BCUT2D eigenvalue weighted by Gasteiger charge is 2.32. The van der Waals surface area contributed by atoms with Crippen LogP contribution in [-0.4, -0.2) is 23.4 Å². The molecule has 0 bridgehead atoms. The predicted octanol–water partition coefficient (Wildman–Crippen LogP) is 4.70. The maximum atomic E-state index is 10.6. The molecule has 92 valence electrons. The molecule has 0 unspecified atom stereocenters. The van der Waals surface area contributed by atoms with Crippen molar-refractivity contribution in [2.24, 2.45) is 0 Å². The van der Waals surface area contributed by atoms with Crippen molar-refractivity contribution in [1.29, 1.82) is 0 Å². The second-order valence-corrected chi connectivity index (χ2v) is 8.21. The second kappa shape index (κ2) is 9.60. The molecular weight excluding hydrogens is 203 g/mol. The van der Waals surface area contributed by atoms with Gasteiger partial charge in [0.15, 0.2) is 0 Å². The summed E-state index contributed by atoms with van der Waals surface area (Å²) in [5.41, 5.74) is 0. The maximum Gasteiger partial charge on any atom is 0.142 e. The van der Waals surface area contributed by atoms with E-state index >= 15 is 0 Å². The zero-order valence-corrected chi connectivity index (χ0v) is 11.9. The fourth-order valence-corrected chi connectivity index (χ4v) is 5.19. The van der Waals surface area contributed by atoms with Gasteiger partial charge in [-0.05, 0) is 19.3 Å². The minimum Gasteiger partial charge on any atom is -0.252 e. The molecule has 0 fully saturated rings. The van der Waals surface area contributed by atoms with Gasteiger partial charge in [-0.1, -0.05) is 46.5 Å². The molecule has 0 atom stereocenters. The fraction of sp³-hybridized carbons (Fsp3) is 1.00. The van der Waals surface area contributed by atoms with Crippen molar-refractivity contribution in [3.8, 4) is 0 Å². The first-order chi connectivity index (χ1) is 7.18. The standard InChI is InChI=1S/C13H30OP/c1-4-7-10-13-15(14,11-8-5-2)12-9-6-3/h14H,4-13H2,1-3H3/q+1. The van der Waals surface area contributed by atoms with E-state index in [1.54, 1.807) is 0 Å². The van der Waals surface area contributed by atoms with E-state index in [1.165, 1.54) is 44.9 Å². The SMILES string of the molecule is CCCCC[P+](O)(CCCC)CCCC. The fourth-order valence-electron chi connectivity index (χ4n) is 1.90. The highest BCUT2D eigenvalue weighted by Crippen LogP contribution is 2.56. The first-order valence-corrected chi connectivity index (χ1v) is 9.07. The van der Waals surface area contributed by atoms with E-state index in [9.17, 15) is 4.89 Å². The van der Waals surface area contributed by atoms with Crippen molar-refractivity contribution in [3.05, 3.63) is 0 Å². The Hall–Kier alpha value is 0.390. The molecule has 0 aromatic carbocycles. The lowest BCUT2D eigenvalue weighted by Crippen LogP contribution is -2.07. The third kappa shape index (κ3) is 8.22. The molecule has 0 saturated heterocycles. The van der Waals surface area contributed by atoms with Crippen LogP contribution < -0.4 is 0 Å². The van der Waals surface area contributed by atoms with Crippen LogP contribution in [0.2, 0.25) is 0 Å². The van der Waals surface area contributed by atoms with Gasteiger partial charge in [0, 0.05) is 0 Å². The first-order valence-electron chi connectivity index (χ1n) is 6.77. The summed E-state index contributed by atoms with van der Waals surface area (Å²) < 4.78 is 0. The third-order valence-corrected chi connectivity index (χ3v) is 6.48. The molecule has 0 spiro atoms. The molecule has 0 aliphatic carbocycles. The van der Waals surface area contributed by atoms with E-state index in [-0.39, 0.29) is 0 Å². The van der Waals surface area contributed by atoms with E-state index < -0.39 is 7.49 Å². The van der Waals surface area contributed by atoms with Gasteiger partial charge in [-0.25, -0.2) is 0 Å². The Labute approximate surface area is 97.1 Å². The van der Waals surface area contributed by atoms with Crippen LogP contribution in [-0.2, 0) is 0 Å². The quantitative estimate of drug-likeness (QED) is 0.428. The van der Waals surface area contributed by atoms with E-state index in [1.807, 2.05) is 0 Å². The second-order valence-electron chi connectivity index (χ2n) is 4.68. The molecule has 0 radical (unpaired) electrons. The largest absolute Gasteiger partial charge is 0.252 e. The normalized spacial score (nSPS) is 12.0. The van der Waals surface area contributed by atoms with Gasteiger partial charge in [-0.2, -0.15) is 0 Å². The molecule has 0 aliphatic heterocycles.